The average Bonchev–Trinajstić information content (AvgIpc) is 3.51. The minimum Gasteiger partial charge on any atom is -0.249 e. The van der Waals surface area contributed by atoms with Gasteiger partial charge in [0, 0.05) is 28.9 Å². The summed E-state index contributed by atoms with van der Waals surface area (Å²) in [7, 11) is -3.86. The fraction of sp³-hybridized carbons (Fsp3) is 0.231. The van der Waals surface area contributed by atoms with Gasteiger partial charge in [-0.1, -0.05) is 43.2 Å². The second-order valence-electron chi connectivity index (χ2n) is 8.24. The van der Waals surface area contributed by atoms with Crippen molar-refractivity contribution in [3.63, 3.8) is 0 Å². The smallest absolute Gasteiger partial charge is 0.249 e. The third-order valence-electron chi connectivity index (χ3n) is 6.14. The van der Waals surface area contributed by atoms with E-state index >= 15 is 0 Å². The minimum atomic E-state index is -3.86. The Labute approximate surface area is 198 Å². The Kier molecular flexibility index (Phi) is 6.08. The quantitative estimate of drug-likeness (QED) is 0.319. The van der Waals surface area contributed by atoms with Crippen LogP contribution >= 0.6 is 11.8 Å². The van der Waals surface area contributed by atoms with Crippen LogP contribution in [0, 0.1) is 5.92 Å². The lowest BCUT2D eigenvalue weighted by molar-refractivity contribution is 0.588. The summed E-state index contributed by atoms with van der Waals surface area (Å²) in [5, 5.41) is 1.72. The summed E-state index contributed by atoms with van der Waals surface area (Å²) in [6.45, 7) is 0. The van der Waals surface area contributed by atoms with Crippen molar-refractivity contribution in [1.29, 1.82) is 0 Å². The lowest BCUT2D eigenvalue weighted by Crippen LogP contribution is -2.16. The largest absolute Gasteiger partial charge is 0.269 e. The summed E-state index contributed by atoms with van der Waals surface area (Å²) in [5.41, 5.74) is 2.85. The molecule has 0 aliphatic heterocycles. The Morgan fingerprint density at radius 3 is 2.52 bits per heavy atom. The van der Waals surface area contributed by atoms with Crippen molar-refractivity contribution in [3.8, 4) is 0 Å². The number of nitrogens with zero attached hydrogens (tertiary/aromatic N) is 3. The number of aromatic nitrogens is 3. The predicted molar refractivity (Wildman–Crippen MR) is 134 cm³/mol. The third-order valence-corrected chi connectivity index (χ3v) is 8.51. The van der Waals surface area contributed by atoms with Crippen molar-refractivity contribution in [3.05, 3.63) is 90.4 Å². The van der Waals surface area contributed by atoms with Gasteiger partial charge in [0.1, 0.15) is 0 Å². The first kappa shape index (κ1) is 21.9. The van der Waals surface area contributed by atoms with Crippen LogP contribution in [-0.4, -0.2) is 28.6 Å². The third kappa shape index (κ3) is 4.23. The summed E-state index contributed by atoms with van der Waals surface area (Å²) in [6, 6.07) is 18.3. The molecule has 7 heteroatoms. The number of benzene rings is 1. The number of allylic oxidation sites excluding steroid dienone is 1. The molecule has 3 heterocycles. The summed E-state index contributed by atoms with van der Waals surface area (Å²) < 4.78 is 29.2. The number of hydrogen-bond donors (Lipinski definition) is 0. The van der Waals surface area contributed by atoms with E-state index in [1.807, 2.05) is 48.9 Å². The maximum absolute atomic E-state index is 13.9. The Morgan fingerprint density at radius 1 is 1.03 bits per heavy atom. The summed E-state index contributed by atoms with van der Waals surface area (Å²) >= 11 is 1.58. The zero-order chi connectivity index (χ0) is 22.8. The summed E-state index contributed by atoms with van der Waals surface area (Å²) in [6.07, 6.45) is 12.3. The average molecular weight is 476 g/mol. The lowest BCUT2D eigenvalue weighted by Gasteiger charge is -2.16. The van der Waals surface area contributed by atoms with Crippen molar-refractivity contribution in [2.75, 3.05) is 6.26 Å². The van der Waals surface area contributed by atoms with Gasteiger partial charge in [0.05, 0.1) is 15.6 Å². The van der Waals surface area contributed by atoms with Gasteiger partial charge in [0.15, 0.2) is 5.65 Å². The van der Waals surface area contributed by atoms with E-state index in [0.717, 1.165) is 34.4 Å². The van der Waals surface area contributed by atoms with Gasteiger partial charge in [0.2, 0.25) is 0 Å². The van der Waals surface area contributed by atoms with Gasteiger partial charge in [-0.2, -0.15) is 0 Å². The molecule has 33 heavy (non-hydrogen) atoms. The van der Waals surface area contributed by atoms with Crippen molar-refractivity contribution < 1.29 is 8.42 Å². The van der Waals surface area contributed by atoms with E-state index in [0.29, 0.717) is 17.3 Å². The highest BCUT2D eigenvalue weighted by atomic mass is 32.2. The molecule has 0 radical (unpaired) electrons. The van der Waals surface area contributed by atoms with Crippen molar-refractivity contribution in [2.24, 2.45) is 5.92 Å². The fourth-order valence-electron chi connectivity index (χ4n) is 4.49. The van der Waals surface area contributed by atoms with E-state index < -0.39 is 10.0 Å². The number of thioether (sulfide) groups is 1. The standard InChI is InChI=1S/C26H25N3O2S2/c1-32-25-14-13-21(18-28-25)23(16-19-8-5-6-9-19)24-17-20-10-7-15-27-26(20)29(24)33(30,31)22-11-3-2-4-12-22/h2-4,7,10-19H,5-6,8-9H2,1H3/b23-16+. The molecular formula is C26H25N3O2S2. The second kappa shape index (κ2) is 9.15. The zero-order valence-electron chi connectivity index (χ0n) is 18.4. The van der Waals surface area contributed by atoms with Crippen molar-refractivity contribution in [1.82, 2.24) is 13.9 Å². The van der Waals surface area contributed by atoms with E-state index in [2.05, 4.69) is 16.0 Å². The fourth-order valence-corrected chi connectivity index (χ4v) is 6.35. The second-order valence-corrected chi connectivity index (χ2v) is 10.9. The van der Waals surface area contributed by atoms with Gasteiger partial charge in [-0.15, -0.1) is 11.8 Å². The van der Waals surface area contributed by atoms with Gasteiger partial charge in [-0.05, 0) is 61.4 Å². The van der Waals surface area contributed by atoms with Crippen molar-refractivity contribution >= 4 is 38.4 Å². The Hall–Kier alpha value is -2.90. The van der Waals surface area contributed by atoms with E-state index in [9.17, 15) is 8.42 Å². The molecule has 5 nitrogen and oxygen atoms in total. The van der Waals surface area contributed by atoms with Crippen LogP contribution in [0.25, 0.3) is 16.6 Å². The highest BCUT2D eigenvalue weighted by Crippen LogP contribution is 2.36. The van der Waals surface area contributed by atoms with E-state index in [1.165, 1.54) is 16.8 Å². The van der Waals surface area contributed by atoms with Gasteiger partial charge < -0.3 is 0 Å². The Balaban J connectivity index is 1.78. The Morgan fingerprint density at radius 2 is 1.82 bits per heavy atom. The topological polar surface area (TPSA) is 64.8 Å². The molecule has 1 aliphatic rings. The molecule has 1 aromatic carbocycles. The SMILES string of the molecule is CSc1ccc(/C(=C\C2CCCC2)c2cc3cccnc3n2S(=O)(=O)c2ccccc2)cn1. The van der Waals surface area contributed by atoms with Crippen LogP contribution in [0.2, 0.25) is 0 Å². The molecule has 0 bridgehead atoms. The molecule has 3 aromatic heterocycles. The molecular weight excluding hydrogens is 450 g/mol. The van der Waals surface area contributed by atoms with Crippen LogP contribution in [0.4, 0.5) is 0 Å². The normalized spacial score (nSPS) is 15.4. The molecule has 168 valence electrons. The van der Waals surface area contributed by atoms with Crippen LogP contribution in [0.15, 0.2) is 89.1 Å². The van der Waals surface area contributed by atoms with E-state index in [4.69, 9.17) is 0 Å². The van der Waals surface area contributed by atoms with Gasteiger partial charge >= 0.3 is 0 Å². The minimum absolute atomic E-state index is 0.241. The van der Waals surface area contributed by atoms with Crippen LogP contribution in [0.3, 0.4) is 0 Å². The predicted octanol–water partition coefficient (Wildman–Crippen LogP) is 6.01. The first-order chi connectivity index (χ1) is 16.1. The van der Waals surface area contributed by atoms with Crippen LogP contribution in [-0.2, 0) is 10.0 Å². The molecule has 4 aromatic rings. The molecule has 0 unspecified atom stereocenters. The van der Waals surface area contributed by atoms with E-state index in [-0.39, 0.29) is 4.90 Å². The van der Waals surface area contributed by atoms with E-state index in [1.54, 1.807) is 42.2 Å². The van der Waals surface area contributed by atoms with Crippen LogP contribution in [0.1, 0.15) is 36.9 Å². The molecule has 0 saturated heterocycles. The van der Waals surface area contributed by atoms with Crippen molar-refractivity contribution in [2.45, 2.75) is 35.6 Å². The molecule has 1 aliphatic carbocycles. The van der Waals surface area contributed by atoms with Gasteiger partial charge in [-0.3, -0.25) is 0 Å². The first-order valence-corrected chi connectivity index (χ1v) is 13.7. The highest BCUT2D eigenvalue weighted by molar-refractivity contribution is 7.98. The number of hydrogen-bond acceptors (Lipinski definition) is 5. The molecule has 0 amide bonds. The summed E-state index contributed by atoms with van der Waals surface area (Å²) in [4.78, 5) is 9.28. The first-order valence-electron chi connectivity index (χ1n) is 11.1. The number of pyridine rings is 2. The highest BCUT2D eigenvalue weighted by Gasteiger charge is 2.27. The molecule has 0 spiro atoms. The molecule has 0 atom stereocenters. The maximum Gasteiger partial charge on any atom is 0.269 e. The Bertz CT molecular complexity index is 1400. The van der Waals surface area contributed by atoms with Gasteiger partial charge in [0.25, 0.3) is 10.0 Å². The molecule has 1 saturated carbocycles. The molecule has 0 N–H and O–H groups in total. The molecule has 5 rings (SSSR count). The summed E-state index contributed by atoms with van der Waals surface area (Å²) in [5.74, 6) is 0.416. The molecule has 1 fully saturated rings. The van der Waals surface area contributed by atoms with Crippen LogP contribution in [0.5, 0.6) is 0 Å². The lowest BCUT2D eigenvalue weighted by atomic mass is 9.97. The zero-order valence-corrected chi connectivity index (χ0v) is 20.0. The maximum atomic E-state index is 13.9. The number of rotatable bonds is 6. The monoisotopic (exact) mass is 475 g/mol. The van der Waals surface area contributed by atoms with Crippen LogP contribution < -0.4 is 0 Å². The van der Waals surface area contributed by atoms with Gasteiger partial charge in [-0.25, -0.2) is 22.4 Å². The number of fused-ring (bicyclic) bond motifs is 1.